The number of likely N-dealkylation sites (N-methyl/N-ethyl adjacent to an activating group) is 1. The van der Waals surface area contributed by atoms with E-state index < -0.39 is 11.2 Å². The second-order valence-electron chi connectivity index (χ2n) is 7.81. The van der Waals surface area contributed by atoms with Gasteiger partial charge in [0.1, 0.15) is 5.82 Å². The maximum atomic E-state index is 13.2. The molecule has 3 heterocycles. The number of hydrogen-bond donors (Lipinski definition) is 2. The summed E-state index contributed by atoms with van der Waals surface area (Å²) in [6.45, 7) is 5.52. The summed E-state index contributed by atoms with van der Waals surface area (Å²) in [4.78, 5) is 43.9. The molecule has 0 spiro atoms. The highest BCUT2D eigenvalue weighted by atomic mass is 16.2. The first-order chi connectivity index (χ1) is 14.4. The van der Waals surface area contributed by atoms with Crippen LogP contribution in [-0.2, 0) is 18.4 Å². The number of aromatic amines is 1. The van der Waals surface area contributed by atoms with Gasteiger partial charge in [-0.15, -0.1) is 0 Å². The molecule has 0 unspecified atom stereocenters. The first kappa shape index (κ1) is 21.9. The van der Waals surface area contributed by atoms with Crippen molar-refractivity contribution in [1.29, 1.82) is 0 Å². The summed E-state index contributed by atoms with van der Waals surface area (Å²) in [7, 11) is 2.01. The standard InChI is InChI=1S/C21H32N6O3/c1-4-6-13-27-19(22)18(20(29)23-21(27)30)26(5-2)17(28)14-25-12-8-10-16(25)15-9-7-11-24(15)3/h7,9,11,16H,4-6,8,10,12-14,22H2,1-3H3,(H,23,29,30)/t16-/m0/s1. The summed E-state index contributed by atoms with van der Waals surface area (Å²) in [6.07, 6.45) is 5.64. The number of nitrogen functional groups attached to an aromatic ring is 1. The van der Waals surface area contributed by atoms with E-state index in [4.69, 9.17) is 5.73 Å². The van der Waals surface area contributed by atoms with Crippen LogP contribution in [0.1, 0.15) is 51.3 Å². The molecule has 9 nitrogen and oxygen atoms in total. The van der Waals surface area contributed by atoms with E-state index >= 15 is 0 Å². The van der Waals surface area contributed by atoms with Crippen LogP contribution in [0, 0.1) is 0 Å². The van der Waals surface area contributed by atoms with Crippen LogP contribution in [0.5, 0.6) is 0 Å². The van der Waals surface area contributed by atoms with E-state index in [0.29, 0.717) is 13.1 Å². The lowest BCUT2D eigenvalue weighted by Crippen LogP contribution is -2.45. The lowest BCUT2D eigenvalue weighted by molar-refractivity contribution is -0.120. The normalized spacial score (nSPS) is 16.8. The highest BCUT2D eigenvalue weighted by Crippen LogP contribution is 2.32. The third-order valence-electron chi connectivity index (χ3n) is 5.86. The fourth-order valence-electron chi connectivity index (χ4n) is 4.27. The second kappa shape index (κ2) is 9.34. The van der Waals surface area contributed by atoms with Gasteiger partial charge in [-0.2, -0.15) is 0 Å². The van der Waals surface area contributed by atoms with Crippen molar-refractivity contribution in [3.63, 3.8) is 0 Å². The van der Waals surface area contributed by atoms with Crippen LogP contribution in [0.2, 0.25) is 0 Å². The Bertz CT molecular complexity index is 1000. The molecule has 9 heteroatoms. The van der Waals surface area contributed by atoms with E-state index in [1.165, 1.54) is 15.2 Å². The number of aromatic nitrogens is 3. The van der Waals surface area contributed by atoms with Gasteiger partial charge >= 0.3 is 5.69 Å². The number of amides is 1. The van der Waals surface area contributed by atoms with Gasteiger partial charge in [0.05, 0.1) is 12.6 Å². The number of nitrogens with two attached hydrogens (primary N) is 1. The van der Waals surface area contributed by atoms with Crippen molar-refractivity contribution in [3.8, 4) is 0 Å². The number of unbranched alkanes of at least 4 members (excludes halogenated alkanes) is 1. The average molecular weight is 417 g/mol. The molecule has 1 atom stereocenters. The van der Waals surface area contributed by atoms with Gasteiger partial charge in [-0.05, 0) is 44.9 Å². The first-order valence-electron chi connectivity index (χ1n) is 10.7. The predicted molar refractivity (Wildman–Crippen MR) is 118 cm³/mol. The van der Waals surface area contributed by atoms with Crippen molar-refractivity contribution in [3.05, 3.63) is 44.9 Å². The number of carbonyl (C=O) groups excluding carboxylic acids is 1. The molecule has 1 aliphatic rings. The summed E-state index contributed by atoms with van der Waals surface area (Å²) < 4.78 is 3.43. The Morgan fingerprint density at radius 2 is 2.10 bits per heavy atom. The van der Waals surface area contributed by atoms with Gasteiger partial charge in [-0.25, -0.2) is 4.79 Å². The molecule has 0 bridgehead atoms. The number of likely N-dealkylation sites (tertiary alicyclic amines) is 1. The van der Waals surface area contributed by atoms with Gasteiger partial charge in [-0.3, -0.25) is 24.0 Å². The third kappa shape index (κ3) is 4.21. The molecule has 1 saturated heterocycles. The summed E-state index contributed by atoms with van der Waals surface area (Å²) in [5.74, 6) is -0.149. The zero-order chi connectivity index (χ0) is 21.8. The van der Waals surface area contributed by atoms with E-state index in [1.807, 2.05) is 26.2 Å². The van der Waals surface area contributed by atoms with E-state index in [2.05, 4.69) is 20.5 Å². The molecule has 2 aromatic heterocycles. The Morgan fingerprint density at radius 3 is 2.73 bits per heavy atom. The maximum Gasteiger partial charge on any atom is 0.330 e. The molecule has 164 valence electrons. The number of nitrogens with zero attached hydrogens (tertiary/aromatic N) is 4. The zero-order valence-corrected chi connectivity index (χ0v) is 18.1. The first-order valence-corrected chi connectivity index (χ1v) is 10.7. The topological polar surface area (TPSA) is 109 Å². The van der Waals surface area contributed by atoms with E-state index in [9.17, 15) is 14.4 Å². The monoisotopic (exact) mass is 416 g/mol. The Kier molecular flexibility index (Phi) is 6.81. The SMILES string of the molecule is CCCCn1c(N)c(N(CC)C(=O)CN2CCC[C@H]2c2cccn2C)c(=O)[nH]c1=O. The Balaban J connectivity index is 1.87. The molecule has 1 aliphatic heterocycles. The summed E-state index contributed by atoms with van der Waals surface area (Å²) in [6, 6.07) is 4.25. The van der Waals surface area contributed by atoms with Crippen molar-refractivity contribution >= 4 is 17.4 Å². The Labute approximate surface area is 176 Å². The van der Waals surface area contributed by atoms with Crippen LogP contribution in [0.15, 0.2) is 27.9 Å². The third-order valence-corrected chi connectivity index (χ3v) is 5.86. The molecule has 0 aromatic carbocycles. The van der Waals surface area contributed by atoms with Crippen molar-refractivity contribution in [2.75, 3.05) is 30.3 Å². The molecular weight excluding hydrogens is 384 g/mol. The molecule has 3 rings (SSSR count). The van der Waals surface area contributed by atoms with Crippen LogP contribution in [0.4, 0.5) is 11.5 Å². The fraction of sp³-hybridized carbons (Fsp3) is 0.571. The highest BCUT2D eigenvalue weighted by molar-refractivity contribution is 5.96. The summed E-state index contributed by atoms with van der Waals surface area (Å²) in [5.41, 5.74) is 6.28. The largest absolute Gasteiger partial charge is 0.383 e. The molecule has 0 aliphatic carbocycles. The molecule has 1 amide bonds. The number of aryl methyl sites for hydroxylation is 1. The van der Waals surface area contributed by atoms with Gasteiger partial charge in [0.2, 0.25) is 5.91 Å². The lowest BCUT2D eigenvalue weighted by Gasteiger charge is -2.28. The molecule has 3 N–H and O–H groups in total. The molecular formula is C21H32N6O3. The molecule has 0 saturated carbocycles. The van der Waals surface area contributed by atoms with Gasteiger partial charge in [0, 0.05) is 32.0 Å². The predicted octanol–water partition coefficient (Wildman–Crippen LogP) is 1.45. The minimum Gasteiger partial charge on any atom is -0.383 e. The van der Waals surface area contributed by atoms with E-state index in [1.54, 1.807) is 6.92 Å². The highest BCUT2D eigenvalue weighted by Gasteiger charge is 2.31. The van der Waals surface area contributed by atoms with E-state index in [-0.39, 0.29) is 30.0 Å². The summed E-state index contributed by atoms with van der Waals surface area (Å²) >= 11 is 0. The van der Waals surface area contributed by atoms with Gasteiger partial charge in [-0.1, -0.05) is 13.3 Å². The lowest BCUT2D eigenvalue weighted by atomic mass is 10.1. The van der Waals surface area contributed by atoms with E-state index in [0.717, 1.165) is 32.2 Å². The van der Waals surface area contributed by atoms with Crippen molar-refractivity contribution < 1.29 is 4.79 Å². The minimum absolute atomic E-state index is 0.0489. The number of nitrogens with one attached hydrogen (secondary N) is 1. The second-order valence-corrected chi connectivity index (χ2v) is 7.81. The van der Waals surface area contributed by atoms with Crippen LogP contribution in [-0.4, -0.2) is 44.6 Å². The van der Waals surface area contributed by atoms with Gasteiger partial charge in [0.25, 0.3) is 5.56 Å². The maximum absolute atomic E-state index is 13.2. The van der Waals surface area contributed by atoms with Crippen molar-refractivity contribution in [2.24, 2.45) is 7.05 Å². The van der Waals surface area contributed by atoms with Gasteiger partial charge in [0.15, 0.2) is 5.69 Å². The Hall–Kier alpha value is -2.81. The number of carbonyl (C=O) groups is 1. The molecule has 0 radical (unpaired) electrons. The minimum atomic E-state index is -0.624. The Morgan fingerprint density at radius 1 is 1.33 bits per heavy atom. The number of H-pyrrole nitrogens is 1. The number of hydrogen-bond acceptors (Lipinski definition) is 5. The van der Waals surface area contributed by atoms with Gasteiger partial charge < -0.3 is 15.2 Å². The number of anilines is 2. The fourth-order valence-corrected chi connectivity index (χ4v) is 4.27. The van der Waals surface area contributed by atoms with Crippen LogP contribution < -0.4 is 21.9 Å². The average Bonchev–Trinajstić information content (AvgIpc) is 3.32. The van der Waals surface area contributed by atoms with Crippen LogP contribution in [0.25, 0.3) is 0 Å². The van der Waals surface area contributed by atoms with Crippen molar-refractivity contribution in [2.45, 2.75) is 52.1 Å². The van der Waals surface area contributed by atoms with Crippen molar-refractivity contribution in [1.82, 2.24) is 19.0 Å². The van der Waals surface area contributed by atoms with Crippen LogP contribution in [0.3, 0.4) is 0 Å². The quantitative estimate of drug-likeness (QED) is 0.677. The molecule has 2 aromatic rings. The summed E-state index contributed by atoms with van der Waals surface area (Å²) in [5, 5.41) is 0. The molecule has 30 heavy (non-hydrogen) atoms. The smallest absolute Gasteiger partial charge is 0.330 e. The zero-order valence-electron chi connectivity index (χ0n) is 18.1. The van der Waals surface area contributed by atoms with Crippen LogP contribution >= 0.6 is 0 Å². The molecule has 1 fully saturated rings. The number of rotatable bonds is 8.